The molecule has 2 fully saturated rings. The third kappa shape index (κ3) is 3.68. The topological polar surface area (TPSA) is 53.0 Å². The summed E-state index contributed by atoms with van der Waals surface area (Å²) in [6, 6.07) is -0.0327. The number of rotatable bonds is 3. The molecule has 0 aromatic heterocycles. The second kappa shape index (κ2) is 5.77. The average Bonchev–Trinajstić information content (AvgIpc) is 2.75. The molecule has 5 nitrogen and oxygen atoms in total. The zero-order chi connectivity index (χ0) is 14.0. The fraction of sp³-hybridized carbons (Fsp3) is 0.929. The van der Waals surface area contributed by atoms with E-state index in [2.05, 4.69) is 30.6 Å². The van der Waals surface area contributed by atoms with Gasteiger partial charge in [-0.2, -0.15) is 0 Å². The molecule has 0 spiro atoms. The third-order valence-electron chi connectivity index (χ3n) is 4.19. The minimum absolute atomic E-state index is 0.0327. The van der Waals surface area contributed by atoms with Gasteiger partial charge in [-0.05, 0) is 5.41 Å². The van der Waals surface area contributed by atoms with Gasteiger partial charge < -0.3 is 9.84 Å². The van der Waals surface area contributed by atoms with E-state index >= 15 is 0 Å². The highest BCUT2D eigenvalue weighted by atomic mass is 16.5. The lowest BCUT2D eigenvalue weighted by molar-refractivity contribution is -0.143. The van der Waals surface area contributed by atoms with Crippen LogP contribution in [0.4, 0.5) is 0 Å². The quantitative estimate of drug-likeness (QED) is 0.749. The number of ether oxygens (including phenoxy) is 1. The lowest BCUT2D eigenvalue weighted by Gasteiger charge is -2.39. The molecule has 110 valence electrons. The standard InChI is InChI=1S/C14H26N2O3/c1-14(2,3)12(17)10-15-5-7-16(8-6-15)11-4-9-19-13(11)18/h11-12,17H,4-10H2,1-3H3/t11-,12-/m1/s1. The van der Waals surface area contributed by atoms with Crippen LogP contribution in [0.3, 0.4) is 0 Å². The molecule has 0 bridgehead atoms. The molecule has 0 aliphatic carbocycles. The summed E-state index contributed by atoms with van der Waals surface area (Å²) in [5.41, 5.74) is -0.0770. The summed E-state index contributed by atoms with van der Waals surface area (Å²) in [4.78, 5) is 16.0. The second-order valence-electron chi connectivity index (χ2n) is 6.69. The van der Waals surface area contributed by atoms with E-state index in [0.29, 0.717) is 13.2 Å². The molecular weight excluding hydrogens is 244 g/mol. The molecule has 2 heterocycles. The van der Waals surface area contributed by atoms with E-state index in [4.69, 9.17) is 4.74 Å². The number of hydrogen-bond acceptors (Lipinski definition) is 5. The number of nitrogens with zero attached hydrogens (tertiary/aromatic N) is 2. The van der Waals surface area contributed by atoms with Gasteiger partial charge in [0.1, 0.15) is 6.04 Å². The Kier molecular flexibility index (Phi) is 4.48. The van der Waals surface area contributed by atoms with E-state index in [0.717, 1.165) is 32.6 Å². The van der Waals surface area contributed by atoms with E-state index in [9.17, 15) is 9.90 Å². The molecule has 2 aliphatic heterocycles. The van der Waals surface area contributed by atoms with Gasteiger partial charge in [-0.25, -0.2) is 0 Å². The number of cyclic esters (lactones) is 1. The maximum Gasteiger partial charge on any atom is 0.323 e. The summed E-state index contributed by atoms with van der Waals surface area (Å²) >= 11 is 0. The van der Waals surface area contributed by atoms with Crippen molar-refractivity contribution in [1.82, 2.24) is 9.80 Å². The fourth-order valence-electron chi connectivity index (χ4n) is 2.59. The SMILES string of the molecule is CC(C)(C)[C@H](O)CN1CCN([C@@H]2CCOC2=O)CC1. The Morgan fingerprint density at radius 2 is 1.95 bits per heavy atom. The van der Waals surface area contributed by atoms with Crippen LogP contribution >= 0.6 is 0 Å². The lowest BCUT2D eigenvalue weighted by Crippen LogP contribution is -2.53. The number of carbonyl (C=O) groups is 1. The van der Waals surface area contributed by atoms with Crippen molar-refractivity contribution in [1.29, 1.82) is 0 Å². The van der Waals surface area contributed by atoms with Gasteiger partial charge in [0.15, 0.2) is 0 Å². The maximum atomic E-state index is 11.5. The minimum atomic E-state index is -0.310. The zero-order valence-corrected chi connectivity index (χ0v) is 12.3. The highest BCUT2D eigenvalue weighted by molar-refractivity contribution is 5.77. The highest BCUT2D eigenvalue weighted by Crippen LogP contribution is 2.21. The van der Waals surface area contributed by atoms with Crippen molar-refractivity contribution in [2.75, 3.05) is 39.3 Å². The first-order valence-electron chi connectivity index (χ1n) is 7.19. The fourth-order valence-corrected chi connectivity index (χ4v) is 2.59. The monoisotopic (exact) mass is 270 g/mol. The number of piperazine rings is 1. The van der Waals surface area contributed by atoms with Crippen molar-refractivity contribution < 1.29 is 14.6 Å². The van der Waals surface area contributed by atoms with Crippen molar-refractivity contribution in [2.24, 2.45) is 5.41 Å². The molecule has 2 atom stereocenters. The molecule has 2 saturated heterocycles. The number of hydrogen-bond donors (Lipinski definition) is 1. The molecule has 0 radical (unpaired) electrons. The number of β-amino-alcohol motifs (C(OH)–C–C–N with tert-alkyl or cyclic N) is 1. The molecule has 0 amide bonds. The van der Waals surface area contributed by atoms with Crippen LogP contribution in [0.25, 0.3) is 0 Å². The second-order valence-corrected chi connectivity index (χ2v) is 6.69. The summed E-state index contributed by atoms with van der Waals surface area (Å²) in [5.74, 6) is -0.0665. The number of aliphatic hydroxyl groups excluding tert-OH is 1. The van der Waals surface area contributed by atoms with Crippen LogP contribution in [0.1, 0.15) is 27.2 Å². The summed E-state index contributed by atoms with van der Waals surface area (Å²) in [7, 11) is 0. The van der Waals surface area contributed by atoms with Crippen molar-refractivity contribution in [3.05, 3.63) is 0 Å². The van der Waals surface area contributed by atoms with Gasteiger partial charge in [-0.1, -0.05) is 20.8 Å². The Morgan fingerprint density at radius 1 is 1.32 bits per heavy atom. The first-order chi connectivity index (χ1) is 8.88. The molecule has 1 N–H and O–H groups in total. The largest absolute Gasteiger partial charge is 0.464 e. The van der Waals surface area contributed by atoms with E-state index < -0.39 is 0 Å². The Morgan fingerprint density at radius 3 is 2.42 bits per heavy atom. The Labute approximate surface area is 115 Å². The van der Waals surface area contributed by atoms with Gasteiger partial charge in [0.2, 0.25) is 0 Å². The van der Waals surface area contributed by atoms with E-state index in [1.807, 2.05) is 0 Å². The predicted molar refractivity (Wildman–Crippen MR) is 72.8 cm³/mol. The molecule has 19 heavy (non-hydrogen) atoms. The number of esters is 1. The summed E-state index contributed by atoms with van der Waals surface area (Å²) in [6.07, 6.45) is 0.513. The Bertz CT molecular complexity index is 319. The summed E-state index contributed by atoms with van der Waals surface area (Å²) in [5, 5.41) is 10.1. The first kappa shape index (κ1) is 14.8. The molecule has 0 aromatic rings. The lowest BCUT2D eigenvalue weighted by atomic mass is 9.89. The molecule has 5 heteroatoms. The van der Waals surface area contributed by atoms with Crippen LogP contribution in [0.5, 0.6) is 0 Å². The predicted octanol–water partition coefficient (Wildman–Crippen LogP) is 0.327. The van der Waals surface area contributed by atoms with Gasteiger partial charge >= 0.3 is 5.97 Å². The van der Waals surface area contributed by atoms with Gasteiger partial charge in [0.25, 0.3) is 0 Å². The highest BCUT2D eigenvalue weighted by Gasteiger charge is 2.34. The van der Waals surface area contributed by atoms with Crippen molar-refractivity contribution in [3.63, 3.8) is 0 Å². The van der Waals surface area contributed by atoms with Gasteiger partial charge in [-0.15, -0.1) is 0 Å². The van der Waals surface area contributed by atoms with Gasteiger partial charge in [-0.3, -0.25) is 14.6 Å². The molecular formula is C14H26N2O3. The van der Waals surface area contributed by atoms with Gasteiger partial charge in [0.05, 0.1) is 12.7 Å². The van der Waals surface area contributed by atoms with Crippen LogP contribution in [0.15, 0.2) is 0 Å². The maximum absolute atomic E-state index is 11.5. The Hall–Kier alpha value is -0.650. The van der Waals surface area contributed by atoms with Crippen LogP contribution in [-0.2, 0) is 9.53 Å². The van der Waals surface area contributed by atoms with E-state index in [1.165, 1.54) is 0 Å². The van der Waals surface area contributed by atoms with Crippen LogP contribution in [-0.4, -0.2) is 72.4 Å². The summed E-state index contributed by atoms with van der Waals surface area (Å²) < 4.78 is 5.02. The molecule has 0 saturated carbocycles. The molecule has 0 aromatic carbocycles. The number of aliphatic hydroxyl groups is 1. The number of carbonyl (C=O) groups excluding carboxylic acids is 1. The van der Waals surface area contributed by atoms with Crippen LogP contribution in [0, 0.1) is 5.41 Å². The Balaban J connectivity index is 1.78. The van der Waals surface area contributed by atoms with Crippen molar-refractivity contribution >= 4 is 5.97 Å². The first-order valence-corrected chi connectivity index (χ1v) is 7.19. The average molecular weight is 270 g/mol. The van der Waals surface area contributed by atoms with Gasteiger partial charge in [0, 0.05) is 39.1 Å². The molecule has 2 rings (SSSR count). The molecule has 0 unspecified atom stereocenters. The van der Waals surface area contributed by atoms with Crippen LogP contribution in [0.2, 0.25) is 0 Å². The normalized spacial score (nSPS) is 28.4. The van der Waals surface area contributed by atoms with E-state index in [1.54, 1.807) is 0 Å². The van der Waals surface area contributed by atoms with E-state index in [-0.39, 0.29) is 23.5 Å². The van der Waals surface area contributed by atoms with Crippen molar-refractivity contribution in [3.8, 4) is 0 Å². The summed E-state index contributed by atoms with van der Waals surface area (Å²) in [6.45, 7) is 11.0. The minimum Gasteiger partial charge on any atom is -0.464 e. The van der Waals surface area contributed by atoms with Crippen LogP contribution < -0.4 is 0 Å². The van der Waals surface area contributed by atoms with Crippen molar-refractivity contribution in [2.45, 2.75) is 39.3 Å². The third-order valence-corrected chi connectivity index (χ3v) is 4.19. The smallest absolute Gasteiger partial charge is 0.323 e. The zero-order valence-electron chi connectivity index (χ0n) is 12.3. The molecule has 2 aliphatic rings.